The van der Waals surface area contributed by atoms with Crippen LogP contribution in [0.2, 0.25) is 0 Å². The highest BCUT2D eigenvalue weighted by atomic mass is 32.2. The van der Waals surface area contributed by atoms with Gasteiger partial charge in [0.1, 0.15) is 0 Å². The van der Waals surface area contributed by atoms with E-state index in [1.165, 1.54) is 4.31 Å². The summed E-state index contributed by atoms with van der Waals surface area (Å²) in [6, 6.07) is 5.63. The van der Waals surface area contributed by atoms with Crippen molar-refractivity contribution in [3.8, 4) is 0 Å². The smallest absolute Gasteiger partial charge is 0.239 e. The van der Waals surface area contributed by atoms with Crippen molar-refractivity contribution < 1.29 is 13.2 Å². The molecule has 0 fully saturated rings. The fraction of sp³-hybridized carbons (Fsp3) is 0.562. The summed E-state index contributed by atoms with van der Waals surface area (Å²) < 4.78 is 24.8. The first-order valence-electron chi connectivity index (χ1n) is 7.42. The largest absolute Gasteiger partial charge is 0.325 e. The molecule has 0 aliphatic carbocycles. The summed E-state index contributed by atoms with van der Waals surface area (Å²) in [4.78, 5) is 12.1. The average molecular weight is 326 g/mol. The maximum atomic E-state index is 12.1. The lowest BCUT2D eigenvalue weighted by molar-refractivity contribution is -0.116. The van der Waals surface area contributed by atoms with Gasteiger partial charge in [-0.05, 0) is 49.4 Å². The van der Waals surface area contributed by atoms with E-state index in [2.05, 4.69) is 5.32 Å². The summed E-state index contributed by atoms with van der Waals surface area (Å²) in [7, 11) is -3.39. The summed E-state index contributed by atoms with van der Waals surface area (Å²) in [5.41, 5.74) is 2.91. The Morgan fingerprint density at radius 1 is 1.23 bits per heavy atom. The number of nitrogens with zero attached hydrogens (tertiary/aromatic N) is 1. The number of carbonyl (C=O) groups is 1. The molecule has 5 nitrogen and oxygen atoms in total. The van der Waals surface area contributed by atoms with Gasteiger partial charge in [-0.1, -0.05) is 19.9 Å². The number of hydrogen-bond donors (Lipinski definition) is 1. The number of amides is 1. The summed E-state index contributed by atoms with van der Waals surface area (Å²) in [6.07, 6.45) is 1.86. The highest BCUT2D eigenvalue weighted by molar-refractivity contribution is 7.88. The number of aryl methyl sites for hydroxylation is 2. The molecule has 1 aromatic carbocycles. The van der Waals surface area contributed by atoms with E-state index in [0.29, 0.717) is 18.2 Å². The van der Waals surface area contributed by atoms with Crippen LogP contribution in [0.25, 0.3) is 0 Å². The van der Waals surface area contributed by atoms with Gasteiger partial charge in [0.05, 0.1) is 12.8 Å². The number of hydrogen-bond acceptors (Lipinski definition) is 3. The zero-order valence-corrected chi connectivity index (χ0v) is 14.8. The van der Waals surface area contributed by atoms with Crippen LogP contribution in [0, 0.1) is 19.8 Å². The molecule has 0 heterocycles. The summed E-state index contributed by atoms with van der Waals surface area (Å²) in [6.45, 7) is 8.22. The normalized spacial score (nSPS) is 12.0. The second kappa shape index (κ2) is 7.74. The van der Waals surface area contributed by atoms with Gasteiger partial charge in [-0.15, -0.1) is 0 Å². The van der Waals surface area contributed by atoms with Crippen molar-refractivity contribution in [2.75, 3.05) is 24.7 Å². The maximum absolute atomic E-state index is 12.1. The molecular formula is C16H26N2O3S. The number of nitrogens with one attached hydrogen (secondary N) is 1. The predicted octanol–water partition coefficient (Wildman–Crippen LogP) is 2.55. The van der Waals surface area contributed by atoms with E-state index in [4.69, 9.17) is 0 Å². The van der Waals surface area contributed by atoms with Crippen molar-refractivity contribution in [3.63, 3.8) is 0 Å². The van der Waals surface area contributed by atoms with E-state index in [-0.39, 0.29) is 12.5 Å². The van der Waals surface area contributed by atoms with Crippen LogP contribution < -0.4 is 5.32 Å². The van der Waals surface area contributed by atoms with E-state index in [9.17, 15) is 13.2 Å². The van der Waals surface area contributed by atoms with Gasteiger partial charge >= 0.3 is 0 Å². The monoisotopic (exact) mass is 326 g/mol. The van der Waals surface area contributed by atoms with Gasteiger partial charge in [0.15, 0.2) is 0 Å². The van der Waals surface area contributed by atoms with Crippen LogP contribution in [0.1, 0.15) is 31.4 Å². The first-order valence-corrected chi connectivity index (χ1v) is 9.26. The molecule has 1 aromatic rings. The Bertz CT molecular complexity index is 624. The minimum absolute atomic E-state index is 0.154. The molecule has 0 unspecified atom stereocenters. The number of sulfonamides is 1. The molecule has 0 aliphatic heterocycles. The van der Waals surface area contributed by atoms with Crippen LogP contribution in [0.4, 0.5) is 5.69 Å². The number of benzene rings is 1. The summed E-state index contributed by atoms with van der Waals surface area (Å²) >= 11 is 0. The molecule has 0 saturated heterocycles. The molecule has 0 spiro atoms. The van der Waals surface area contributed by atoms with Crippen LogP contribution in [-0.4, -0.2) is 38.0 Å². The third-order valence-corrected chi connectivity index (χ3v) is 4.79. The van der Waals surface area contributed by atoms with E-state index in [0.717, 1.165) is 23.8 Å². The lowest BCUT2D eigenvalue weighted by atomic mass is 10.1. The second-order valence-electron chi connectivity index (χ2n) is 6.13. The first kappa shape index (κ1) is 18.6. The minimum atomic E-state index is -3.39. The van der Waals surface area contributed by atoms with Gasteiger partial charge in [-0.25, -0.2) is 8.42 Å². The standard InChI is InChI=1S/C16H26N2O3S/c1-12(2)8-9-18(22(5,20)21)11-16(19)17-15-7-6-13(3)14(4)10-15/h6-7,10,12H,8-9,11H2,1-5H3,(H,17,19). The van der Waals surface area contributed by atoms with Crippen molar-refractivity contribution in [2.24, 2.45) is 5.92 Å². The van der Waals surface area contributed by atoms with Gasteiger partial charge in [0.2, 0.25) is 15.9 Å². The Morgan fingerprint density at radius 3 is 2.36 bits per heavy atom. The van der Waals surface area contributed by atoms with E-state index < -0.39 is 10.0 Å². The molecule has 6 heteroatoms. The fourth-order valence-corrected chi connectivity index (χ4v) is 2.73. The van der Waals surface area contributed by atoms with E-state index >= 15 is 0 Å². The second-order valence-corrected chi connectivity index (χ2v) is 8.11. The quantitative estimate of drug-likeness (QED) is 0.837. The number of rotatable bonds is 7. The van der Waals surface area contributed by atoms with Crippen LogP contribution in [0.5, 0.6) is 0 Å². The molecule has 1 rings (SSSR count). The Morgan fingerprint density at radius 2 is 1.86 bits per heavy atom. The average Bonchev–Trinajstić information content (AvgIpc) is 2.37. The SMILES string of the molecule is Cc1ccc(NC(=O)CN(CCC(C)C)S(C)(=O)=O)cc1C. The highest BCUT2D eigenvalue weighted by Crippen LogP contribution is 2.14. The van der Waals surface area contributed by atoms with Crippen molar-refractivity contribution in [2.45, 2.75) is 34.1 Å². The molecule has 0 atom stereocenters. The van der Waals surface area contributed by atoms with E-state index in [1.807, 2.05) is 45.9 Å². The van der Waals surface area contributed by atoms with Gasteiger partial charge in [-0.2, -0.15) is 4.31 Å². The van der Waals surface area contributed by atoms with Crippen LogP contribution in [0.15, 0.2) is 18.2 Å². The molecule has 0 saturated carbocycles. The molecule has 124 valence electrons. The molecule has 1 amide bonds. The predicted molar refractivity (Wildman–Crippen MR) is 90.4 cm³/mol. The fourth-order valence-electron chi connectivity index (χ4n) is 1.94. The Balaban J connectivity index is 2.72. The minimum Gasteiger partial charge on any atom is -0.325 e. The van der Waals surface area contributed by atoms with Gasteiger partial charge < -0.3 is 5.32 Å². The summed E-state index contributed by atoms with van der Waals surface area (Å²) in [5.74, 6) is 0.0597. The lowest BCUT2D eigenvalue weighted by Gasteiger charge is -2.20. The first-order chi connectivity index (χ1) is 10.1. The van der Waals surface area contributed by atoms with Crippen LogP contribution in [-0.2, 0) is 14.8 Å². The van der Waals surface area contributed by atoms with Gasteiger partial charge in [0.25, 0.3) is 0 Å². The Hall–Kier alpha value is -1.40. The van der Waals surface area contributed by atoms with Crippen LogP contribution in [0.3, 0.4) is 0 Å². The number of anilines is 1. The van der Waals surface area contributed by atoms with Gasteiger partial charge in [-0.3, -0.25) is 4.79 Å². The lowest BCUT2D eigenvalue weighted by Crippen LogP contribution is -2.38. The zero-order valence-electron chi connectivity index (χ0n) is 14.0. The molecule has 0 aromatic heterocycles. The van der Waals surface area contributed by atoms with Crippen molar-refractivity contribution >= 4 is 21.6 Å². The Kier molecular flexibility index (Phi) is 6.56. The highest BCUT2D eigenvalue weighted by Gasteiger charge is 2.20. The van der Waals surface area contributed by atoms with Gasteiger partial charge in [0, 0.05) is 12.2 Å². The molecule has 0 bridgehead atoms. The molecule has 22 heavy (non-hydrogen) atoms. The van der Waals surface area contributed by atoms with E-state index in [1.54, 1.807) is 0 Å². The van der Waals surface area contributed by atoms with Crippen molar-refractivity contribution in [3.05, 3.63) is 29.3 Å². The van der Waals surface area contributed by atoms with Crippen molar-refractivity contribution in [1.82, 2.24) is 4.31 Å². The third kappa shape index (κ3) is 6.15. The molecule has 1 N–H and O–H groups in total. The third-order valence-electron chi connectivity index (χ3n) is 3.54. The zero-order chi connectivity index (χ0) is 16.9. The topological polar surface area (TPSA) is 66.5 Å². The Labute approximate surface area is 133 Å². The molecular weight excluding hydrogens is 300 g/mol. The van der Waals surface area contributed by atoms with Crippen molar-refractivity contribution in [1.29, 1.82) is 0 Å². The molecule has 0 radical (unpaired) electrons. The maximum Gasteiger partial charge on any atom is 0.239 e. The summed E-state index contributed by atoms with van der Waals surface area (Å²) in [5, 5.41) is 2.76. The van der Waals surface area contributed by atoms with Crippen LogP contribution >= 0.6 is 0 Å². The molecule has 0 aliphatic rings. The number of carbonyl (C=O) groups excluding carboxylic acids is 1.